The smallest absolute Gasteiger partial charge is 0.245 e. The standard InChI is InChI=1S/HINOP/c1-4(2)3/h3H. The highest BCUT2D eigenvalue weighted by Crippen LogP contribution is 2.19. The van der Waals surface area contributed by atoms with Gasteiger partial charge in [-0.05, 0) is 0 Å². The molecule has 0 aromatic rings. The van der Waals surface area contributed by atoms with Gasteiger partial charge in [0.15, 0.2) is 0 Å². The average Bonchev–Trinajstić information content (AvgIpc) is 0.811. The molecule has 1 atom stereocenters. The van der Waals surface area contributed by atoms with Gasteiger partial charge in [0.05, 0.1) is 0 Å². The zero-order valence-electron chi connectivity index (χ0n) is 1.72. The molecule has 0 aliphatic carbocycles. The molecule has 0 aliphatic rings. The molecular formula is HINOP. The van der Waals surface area contributed by atoms with E-state index in [1.165, 1.54) is 22.0 Å². The molecule has 0 saturated carbocycles. The third-order valence-electron chi connectivity index (χ3n) is 0. The second kappa shape index (κ2) is 1.97. The van der Waals surface area contributed by atoms with Crippen LogP contribution in [0.25, 0.3) is 0 Å². The summed E-state index contributed by atoms with van der Waals surface area (Å²) in [5, 5.41) is 7.66. The molecule has 0 radical (unpaired) electrons. The average molecular weight is 189 g/mol. The molecule has 2 nitrogen and oxygen atoms in total. The van der Waals surface area contributed by atoms with E-state index in [0.29, 0.717) is 0 Å². The lowest BCUT2D eigenvalue weighted by Gasteiger charge is -1.50. The molecule has 4 heavy (non-hydrogen) atoms. The summed E-state index contributed by atoms with van der Waals surface area (Å²) >= 11 is 1.52. The minimum absolute atomic E-state index is 1.52. The molecule has 0 spiro atoms. The van der Waals surface area contributed by atoms with Crippen molar-refractivity contribution in [3.05, 3.63) is 0 Å². The van der Waals surface area contributed by atoms with E-state index < -0.39 is 5.43 Å². The number of nitrogens with zero attached hydrogens (tertiary/aromatic N) is 1. The number of halogens is 1. The minimum Gasteiger partial charge on any atom is -0.317 e. The molecular weight excluding hydrogens is 188 g/mol. The maximum Gasteiger partial charge on any atom is 0.245 e. The molecule has 0 aromatic heterocycles. The van der Waals surface area contributed by atoms with Gasteiger partial charge in [-0.25, -0.2) is 5.00 Å². The zero-order chi connectivity index (χ0) is 3.58. The van der Waals surface area contributed by atoms with Gasteiger partial charge in [0.1, 0.15) is 0 Å². The van der Waals surface area contributed by atoms with Gasteiger partial charge in [0.25, 0.3) is 0 Å². The van der Waals surface area contributed by atoms with E-state index in [1.54, 1.807) is 0 Å². The summed E-state index contributed by atoms with van der Waals surface area (Å²) in [4.78, 5) is 7.66. The van der Waals surface area contributed by atoms with E-state index in [4.69, 9.17) is 9.90 Å². The Kier molecular flexibility index (Phi) is 2.32. The first-order chi connectivity index (χ1) is 1.73. The molecule has 0 amide bonds. The second-order valence-corrected chi connectivity index (χ2v) is 3.31. The number of hydrogen-bond donors (Lipinski definition) is 1. The molecule has 0 heterocycles. The lowest BCUT2D eigenvalue weighted by molar-refractivity contribution is 0.654. The van der Waals surface area contributed by atoms with Crippen LogP contribution in [0.5, 0.6) is 0 Å². The van der Waals surface area contributed by atoms with Crippen LogP contribution in [0.1, 0.15) is 0 Å². The highest BCUT2D eigenvalue weighted by Gasteiger charge is 1.60. The molecule has 0 bridgehead atoms. The monoisotopic (exact) mass is 189 g/mol. The maximum absolute atomic E-state index is 7.66. The first-order valence-corrected chi connectivity index (χ1v) is 4.60. The molecule has 0 aliphatic heterocycles. The van der Waals surface area contributed by atoms with Crippen LogP contribution >= 0.6 is 27.5 Å². The van der Waals surface area contributed by atoms with Crippen LogP contribution in [0.4, 0.5) is 0 Å². The van der Waals surface area contributed by atoms with Gasteiger partial charge in [-0.2, -0.15) is 0 Å². The predicted molar refractivity (Wildman–Crippen MR) is 24.9 cm³/mol. The van der Waals surface area contributed by atoms with Gasteiger partial charge in [-0.15, -0.1) is 0 Å². The van der Waals surface area contributed by atoms with Gasteiger partial charge >= 0.3 is 0 Å². The Morgan fingerprint density at radius 2 is 2.00 bits per heavy atom. The van der Waals surface area contributed by atoms with Crippen molar-refractivity contribution in [1.82, 2.24) is 0 Å². The summed E-state index contributed by atoms with van der Waals surface area (Å²) in [6.45, 7) is 0. The van der Waals surface area contributed by atoms with Crippen LogP contribution in [0.3, 0.4) is 0 Å². The first-order valence-electron chi connectivity index (χ1n) is 0.569. The second-order valence-electron chi connectivity index (χ2n) is 0.241. The predicted octanol–water partition coefficient (Wildman–Crippen LogP) is 1.20. The van der Waals surface area contributed by atoms with E-state index in [9.17, 15) is 0 Å². The SMILES string of the molecule is N#P(O)I. The van der Waals surface area contributed by atoms with E-state index in [-0.39, 0.29) is 0 Å². The molecule has 0 rings (SSSR count). The van der Waals surface area contributed by atoms with Crippen molar-refractivity contribution in [3.63, 3.8) is 0 Å². The quantitative estimate of drug-likeness (QED) is 0.459. The Labute approximate surface area is 37.7 Å². The third-order valence-corrected chi connectivity index (χ3v) is 0. The molecule has 1 unspecified atom stereocenters. The van der Waals surface area contributed by atoms with Crippen molar-refractivity contribution < 1.29 is 4.89 Å². The van der Waals surface area contributed by atoms with E-state index in [1.807, 2.05) is 0 Å². The molecule has 1 N–H and O–H groups in total. The summed E-state index contributed by atoms with van der Waals surface area (Å²) in [7, 11) is 0. The van der Waals surface area contributed by atoms with Crippen LogP contribution in [0.2, 0.25) is 0 Å². The lowest BCUT2D eigenvalue weighted by atomic mass is 14.0. The Morgan fingerprint density at radius 3 is 2.00 bits per heavy atom. The molecule has 0 aromatic carbocycles. The van der Waals surface area contributed by atoms with Crippen LogP contribution < -0.4 is 0 Å². The van der Waals surface area contributed by atoms with Crippen molar-refractivity contribution >= 4 is 27.5 Å². The first kappa shape index (κ1) is 4.70. The maximum atomic E-state index is 7.66. The van der Waals surface area contributed by atoms with E-state index >= 15 is 0 Å². The van der Waals surface area contributed by atoms with Crippen LogP contribution in [-0.4, -0.2) is 4.89 Å². The van der Waals surface area contributed by atoms with Gasteiger partial charge < -0.3 is 4.89 Å². The lowest BCUT2D eigenvalue weighted by Crippen LogP contribution is -1.12. The summed E-state index contributed by atoms with van der Waals surface area (Å²) < 4.78 is 0. The third kappa shape index (κ3) is 15.9. The number of rotatable bonds is 0. The summed E-state index contributed by atoms with van der Waals surface area (Å²) in [6, 6.07) is 0. The van der Waals surface area contributed by atoms with Crippen LogP contribution in [0, 0.1) is 5.00 Å². The fourth-order valence-electron chi connectivity index (χ4n) is 0. The molecule has 24 valence electrons. The van der Waals surface area contributed by atoms with Gasteiger partial charge in [0.2, 0.25) is 5.43 Å². The van der Waals surface area contributed by atoms with Gasteiger partial charge in [-0.3, -0.25) is 0 Å². The Hall–Kier alpha value is 0.700. The highest BCUT2D eigenvalue weighted by molar-refractivity contribution is 14.2. The molecule has 0 saturated heterocycles. The van der Waals surface area contributed by atoms with Crippen molar-refractivity contribution in [1.29, 1.82) is 5.00 Å². The van der Waals surface area contributed by atoms with Crippen molar-refractivity contribution in [2.24, 2.45) is 0 Å². The topological polar surface area (TPSA) is 44.0 Å². The largest absolute Gasteiger partial charge is 0.317 e. The van der Waals surface area contributed by atoms with Gasteiger partial charge in [-0.1, -0.05) is 0 Å². The van der Waals surface area contributed by atoms with Gasteiger partial charge in [0, 0.05) is 22.0 Å². The van der Waals surface area contributed by atoms with E-state index in [0.717, 1.165) is 0 Å². The Morgan fingerprint density at radius 1 is 2.00 bits per heavy atom. The van der Waals surface area contributed by atoms with Crippen molar-refractivity contribution in [3.8, 4) is 0 Å². The fraction of sp³-hybridized carbons (Fsp3) is 0. The van der Waals surface area contributed by atoms with Crippen LogP contribution in [0.15, 0.2) is 0 Å². The molecule has 0 fully saturated rings. The Balaban J connectivity index is 3.02. The fourth-order valence-corrected chi connectivity index (χ4v) is 0. The minimum atomic E-state index is -1.65. The number of hydrogen-bond acceptors (Lipinski definition) is 2. The van der Waals surface area contributed by atoms with Crippen molar-refractivity contribution in [2.45, 2.75) is 0 Å². The summed E-state index contributed by atoms with van der Waals surface area (Å²) in [5.74, 6) is 0. The summed E-state index contributed by atoms with van der Waals surface area (Å²) in [5.41, 5.74) is -1.65. The van der Waals surface area contributed by atoms with Crippen molar-refractivity contribution in [2.75, 3.05) is 0 Å². The zero-order valence-corrected chi connectivity index (χ0v) is 4.77. The summed E-state index contributed by atoms with van der Waals surface area (Å²) in [6.07, 6.45) is 0. The van der Waals surface area contributed by atoms with E-state index in [2.05, 4.69) is 0 Å². The highest BCUT2D eigenvalue weighted by atomic mass is 127. The van der Waals surface area contributed by atoms with Crippen LogP contribution in [-0.2, 0) is 0 Å². The Bertz CT molecular complexity index is 54.2. The molecule has 4 heteroatoms. The normalized spacial score (nSPS) is 10.8.